The van der Waals surface area contributed by atoms with Crippen LogP contribution in [0.4, 0.5) is 0 Å². The number of rotatable bonds is 3. The van der Waals surface area contributed by atoms with Crippen LogP contribution in [0.1, 0.15) is 18.5 Å². The normalized spacial score (nSPS) is 17.6. The number of aromatic amines is 1. The Bertz CT molecular complexity index is 526. The second-order valence-corrected chi connectivity index (χ2v) is 4.79. The molecule has 1 aliphatic rings. The van der Waals surface area contributed by atoms with E-state index >= 15 is 0 Å². The number of methoxy groups -OCH3 is 1. The van der Waals surface area contributed by atoms with Gasteiger partial charge < -0.3 is 15.5 Å². The molecule has 3 nitrogen and oxygen atoms in total. The number of nitrogens with one attached hydrogen (secondary N) is 1. The van der Waals surface area contributed by atoms with E-state index in [0.29, 0.717) is 0 Å². The fraction of sp³-hybridized carbons (Fsp3) is 0.385. The maximum absolute atomic E-state index is 6.11. The van der Waals surface area contributed by atoms with Crippen LogP contribution >= 0.6 is 0 Å². The summed E-state index contributed by atoms with van der Waals surface area (Å²) in [5.74, 6) is 0.884. The van der Waals surface area contributed by atoms with E-state index in [4.69, 9.17) is 10.5 Å². The first kappa shape index (κ1) is 9.73. The lowest BCUT2D eigenvalue weighted by atomic mass is 10.1. The molecule has 2 aromatic rings. The van der Waals surface area contributed by atoms with E-state index in [1.54, 1.807) is 7.11 Å². The van der Waals surface area contributed by atoms with Crippen molar-refractivity contribution in [2.75, 3.05) is 7.11 Å². The second kappa shape index (κ2) is 3.25. The third kappa shape index (κ3) is 1.67. The molecule has 0 radical (unpaired) electrons. The van der Waals surface area contributed by atoms with Crippen LogP contribution in [-0.4, -0.2) is 17.6 Å². The average molecular weight is 216 g/mol. The smallest absolute Gasteiger partial charge is 0.120 e. The lowest BCUT2D eigenvalue weighted by Gasteiger charge is -2.04. The topological polar surface area (TPSA) is 51.0 Å². The van der Waals surface area contributed by atoms with Crippen LogP contribution in [-0.2, 0) is 6.42 Å². The summed E-state index contributed by atoms with van der Waals surface area (Å²) >= 11 is 0. The molecule has 0 unspecified atom stereocenters. The van der Waals surface area contributed by atoms with Crippen LogP contribution in [0.3, 0.4) is 0 Å². The van der Waals surface area contributed by atoms with E-state index < -0.39 is 0 Å². The molecule has 0 atom stereocenters. The van der Waals surface area contributed by atoms with E-state index in [1.165, 1.54) is 11.1 Å². The van der Waals surface area contributed by atoms with E-state index in [0.717, 1.165) is 30.5 Å². The summed E-state index contributed by atoms with van der Waals surface area (Å²) in [7, 11) is 1.68. The third-order valence-corrected chi connectivity index (χ3v) is 3.32. The summed E-state index contributed by atoms with van der Waals surface area (Å²) in [6, 6.07) is 8.26. The fourth-order valence-electron chi connectivity index (χ4n) is 2.11. The van der Waals surface area contributed by atoms with Gasteiger partial charge in [0.25, 0.3) is 0 Å². The Labute approximate surface area is 94.6 Å². The highest BCUT2D eigenvalue weighted by Crippen LogP contribution is 2.36. The van der Waals surface area contributed by atoms with Gasteiger partial charge in [0, 0.05) is 29.2 Å². The van der Waals surface area contributed by atoms with Gasteiger partial charge in [-0.25, -0.2) is 0 Å². The van der Waals surface area contributed by atoms with Crippen molar-refractivity contribution in [3.63, 3.8) is 0 Å². The standard InChI is InChI=1S/C13H16N2O/c1-16-11-3-2-9-6-10(15-12(9)7-11)8-13(14)4-5-13/h2-3,6-7,15H,4-5,8,14H2,1H3. The number of ether oxygens (including phenoxy) is 1. The van der Waals surface area contributed by atoms with Gasteiger partial charge in [-0.15, -0.1) is 0 Å². The molecule has 1 heterocycles. The number of hydrogen-bond donors (Lipinski definition) is 2. The van der Waals surface area contributed by atoms with Crippen molar-refractivity contribution in [3.8, 4) is 5.75 Å². The Morgan fingerprint density at radius 2 is 2.19 bits per heavy atom. The molecule has 0 bridgehead atoms. The minimum atomic E-state index is 0.0605. The largest absolute Gasteiger partial charge is 0.497 e. The molecule has 16 heavy (non-hydrogen) atoms. The summed E-state index contributed by atoms with van der Waals surface area (Å²) in [5, 5.41) is 1.22. The quantitative estimate of drug-likeness (QED) is 0.826. The Morgan fingerprint density at radius 1 is 1.38 bits per heavy atom. The minimum Gasteiger partial charge on any atom is -0.497 e. The SMILES string of the molecule is COc1ccc2cc(CC3(N)CC3)[nH]c2c1. The summed E-state index contributed by atoms with van der Waals surface area (Å²) in [5.41, 5.74) is 8.52. The molecule has 1 aromatic heterocycles. The average Bonchev–Trinajstić information content (AvgIpc) is 2.86. The van der Waals surface area contributed by atoms with Crippen LogP contribution < -0.4 is 10.5 Å². The van der Waals surface area contributed by atoms with E-state index in [9.17, 15) is 0 Å². The van der Waals surface area contributed by atoms with Crippen LogP contribution in [0.5, 0.6) is 5.75 Å². The zero-order chi connectivity index (χ0) is 11.2. The molecular formula is C13H16N2O. The van der Waals surface area contributed by atoms with Gasteiger partial charge in [-0.1, -0.05) is 0 Å². The van der Waals surface area contributed by atoms with Gasteiger partial charge >= 0.3 is 0 Å². The summed E-state index contributed by atoms with van der Waals surface area (Å²) in [4.78, 5) is 3.41. The maximum Gasteiger partial charge on any atom is 0.120 e. The first-order chi connectivity index (χ1) is 7.68. The molecule has 84 valence electrons. The molecule has 0 spiro atoms. The third-order valence-electron chi connectivity index (χ3n) is 3.32. The number of nitrogens with two attached hydrogens (primary N) is 1. The van der Waals surface area contributed by atoms with Gasteiger partial charge in [0.05, 0.1) is 7.11 Å². The Kier molecular flexibility index (Phi) is 1.98. The number of H-pyrrole nitrogens is 1. The van der Waals surface area contributed by atoms with E-state index in [2.05, 4.69) is 17.1 Å². The molecule has 1 aromatic carbocycles. The lowest BCUT2D eigenvalue weighted by Crippen LogP contribution is -2.24. The zero-order valence-corrected chi connectivity index (χ0v) is 9.42. The number of aromatic nitrogens is 1. The van der Waals surface area contributed by atoms with Crippen molar-refractivity contribution in [1.29, 1.82) is 0 Å². The molecule has 3 rings (SSSR count). The van der Waals surface area contributed by atoms with Crippen molar-refractivity contribution >= 4 is 10.9 Å². The molecule has 0 saturated heterocycles. The van der Waals surface area contributed by atoms with Crippen LogP contribution in [0.15, 0.2) is 24.3 Å². The van der Waals surface area contributed by atoms with Gasteiger partial charge in [-0.05, 0) is 36.4 Å². The Hall–Kier alpha value is -1.48. The monoisotopic (exact) mass is 216 g/mol. The van der Waals surface area contributed by atoms with Crippen molar-refractivity contribution in [1.82, 2.24) is 4.98 Å². The molecule has 1 saturated carbocycles. The highest BCUT2D eigenvalue weighted by atomic mass is 16.5. The highest BCUT2D eigenvalue weighted by molar-refractivity contribution is 5.81. The molecule has 0 amide bonds. The van der Waals surface area contributed by atoms with Crippen LogP contribution in [0.25, 0.3) is 10.9 Å². The number of fused-ring (bicyclic) bond motifs is 1. The molecule has 1 aliphatic carbocycles. The predicted octanol–water partition coefficient (Wildman–Crippen LogP) is 2.21. The molecule has 1 fully saturated rings. The maximum atomic E-state index is 6.11. The minimum absolute atomic E-state index is 0.0605. The first-order valence-electron chi connectivity index (χ1n) is 5.63. The van der Waals surface area contributed by atoms with Gasteiger partial charge in [0.1, 0.15) is 5.75 Å². The van der Waals surface area contributed by atoms with Crippen molar-refractivity contribution < 1.29 is 4.74 Å². The van der Waals surface area contributed by atoms with E-state index in [1.807, 2.05) is 12.1 Å². The first-order valence-corrected chi connectivity index (χ1v) is 5.63. The summed E-state index contributed by atoms with van der Waals surface area (Å²) in [6.45, 7) is 0. The number of benzene rings is 1. The molecular weight excluding hydrogens is 200 g/mol. The van der Waals surface area contributed by atoms with Crippen molar-refractivity contribution in [2.24, 2.45) is 5.73 Å². The Morgan fingerprint density at radius 3 is 2.88 bits per heavy atom. The predicted molar refractivity (Wildman–Crippen MR) is 64.7 cm³/mol. The Balaban J connectivity index is 1.95. The van der Waals surface area contributed by atoms with Crippen LogP contribution in [0.2, 0.25) is 0 Å². The van der Waals surface area contributed by atoms with Crippen molar-refractivity contribution in [3.05, 3.63) is 30.0 Å². The summed E-state index contributed by atoms with van der Waals surface area (Å²) < 4.78 is 5.20. The second-order valence-electron chi connectivity index (χ2n) is 4.79. The molecule has 3 N–H and O–H groups in total. The van der Waals surface area contributed by atoms with Gasteiger partial charge in [-0.2, -0.15) is 0 Å². The highest BCUT2D eigenvalue weighted by Gasteiger charge is 2.38. The zero-order valence-electron chi connectivity index (χ0n) is 9.42. The van der Waals surface area contributed by atoms with Crippen molar-refractivity contribution in [2.45, 2.75) is 24.8 Å². The fourth-order valence-corrected chi connectivity index (χ4v) is 2.11. The molecule has 3 heteroatoms. The lowest BCUT2D eigenvalue weighted by molar-refractivity contribution is 0.415. The van der Waals surface area contributed by atoms with Gasteiger partial charge in [-0.3, -0.25) is 0 Å². The molecule has 0 aliphatic heterocycles. The number of hydrogen-bond acceptors (Lipinski definition) is 2. The van der Waals surface area contributed by atoms with Gasteiger partial charge in [0.2, 0.25) is 0 Å². The van der Waals surface area contributed by atoms with E-state index in [-0.39, 0.29) is 5.54 Å². The van der Waals surface area contributed by atoms with Gasteiger partial charge in [0.15, 0.2) is 0 Å². The summed E-state index contributed by atoms with van der Waals surface area (Å²) in [6.07, 6.45) is 3.24. The van der Waals surface area contributed by atoms with Crippen LogP contribution in [0, 0.1) is 0 Å².